The van der Waals surface area contributed by atoms with Gasteiger partial charge in [-0.05, 0) is 65.8 Å². The first kappa shape index (κ1) is 26.7. The Labute approximate surface area is 220 Å². The molecule has 37 heavy (non-hydrogen) atoms. The van der Waals surface area contributed by atoms with Gasteiger partial charge in [-0.15, -0.1) is 0 Å². The number of hydrogen-bond donors (Lipinski definition) is 2. The Hall–Kier alpha value is -3.34. The maximum Gasteiger partial charge on any atom is 0.419 e. The summed E-state index contributed by atoms with van der Waals surface area (Å²) in [5.74, 6) is -0.132. The van der Waals surface area contributed by atoms with E-state index >= 15 is 0 Å². The Morgan fingerprint density at radius 2 is 1.97 bits per heavy atom. The summed E-state index contributed by atoms with van der Waals surface area (Å²) in [6.07, 6.45) is -3.43. The average Bonchev–Trinajstić information content (AvgIpc) is 3.24. The van der Waals surface area contributed by atoms with E-state index in [2.05, 4.69) is 31.0 Å². The highest BCUT2D eigenvalue weighted by Gasteiger charge is 2.36. The number of anilines is 3. The largest absolute Gasteiger partial charge is 0.488 e. The van der Waals surface area contributed by atoms with Gasteiger partial charge in [-0.2, -0.15) is 18.4 Å². The van der Waals surface area contributed by atoms with Gasteiger partial charge in [0.05, 0.1) is 27.4 Å². The molecule has 1 atom stereocenters. The molecule has 0 bridgehead atoms. The summed E-state index contributed by atoms with van der Waals surface area (Å²) in [7, 11) is -2.35. The fraction of sp³-hybridized carbons (Fsp3) is 0.250. The van der Waals surface area contributed by atoms with Crippen LogP contribution in [-0.2, 0) is 16.2 Å². The molecule has 2 heterocycles. The molecular weight excluding hydrogens is 575 g/mol. The summed E-state index contributed by atoms with van der Waals surface area (Å²) in [5.41, 5.74) is -0.0533. The number of sulfonamides is 1. The van der Waals surface area contributed by atoms with Crippen LogP contribution in [0.4, 0.5) is 30.4 Å². The summed E-state index contributed by atoms with van der Waals surface area (Å²) in [5, 5.41) is 12.0. The minimum absolute atomic E-state index is 0.0824. The number of rotatable bonds is 7. The van der Waals surface area contributed by atoms with Crippen molar-refractivity contribution in [1.82, 2.24) is 9.88 Å². The number of nitrogens with zero attached hydrogens (tertiary/aromatic N) is 3. The zero-order valence-electron chi connectivity index (χ0n) is 19.4. The van der Waals surface area contributed by atoms with Gasteiger partial charge in [0, 0.05) is 31.0 Å². The number of likely N-dealkylation sites (N-methyl/N-ethyl adjacent to an activating group) is 1. The fourth-order valence-electron chi connectivity index (χ4n) is 3.76. The maximum absolute atomic E-state index is 13.6. The Kier molecular flexibility index (Phi) is 7.63. The lowest BCUT2D eigenvalue weighted by Gasteiger charge is -2.19. The molecule has 1 aliphatic heterocycles. The van der Waals surface area contributed by atoms with Crippen LogP contribution in [0.25, 0.3) is 0 Å². The summed E-state index contributed by atoms with van der Waals surface area (Å²) < 4.78 is 74.9. The third-order valence-corrected chi connectivity index (χ3v) is 7.51. The predicted molar refractivity (Wildman–Crippen MR) is 135 cm³/mol. The number of ether oxygens (including phenoxy) is 1. The van der Waals surface area contributed by atoms with Crippen LogP contribution >= 0.6 is 15.9 Å². The number of alkyl halides is 3. The van der Waals surface area contributed by atoms with Crippen molar-refractivity contribution in [3.8, 4) is 11.8 Å². The molecule has 8 nitrogen and oxygen atoms in total. The molecule has 1 aliphatic rings. The monoisotopic (exact) mass is 595 g/mol. The van der Waals surface area contributed by atoms with Crippen LogP contribution in [0.15, 0.2) is 64.1 Å². The van der Waals surface area contributed by atoms with Crippen molar-refractivity contribution in [3.63, 3.8) is 0 Å². The molecular formula is C24H21BrF3N5O3S. The number of pyridine rings is 1. The van der Waals surface area contributed by atoms with Crippen molar-refractivity contribution in [3.05, 3.63) is 70.3 Å². The number of hydrogen-bond acceptors (Lipinski definition) is 7. The first-order chi connectivity index (χ1) is 17.4. The number of nitriles is 1. The minimum atomic E-state index is -4.67. The minimum Gasteiger partial charge on any atom is -0.488 e. The Balaban J connectivity index is 1.56. The van der Waals surface area contributed by atoms with Crippen LogP contribution in [0.3, 0.4) is 0 Å². The van der Waals surface area contributed by atoms with Crippen molar-refractivity contribution in [2.24, 2.45) is 0 Å². The molecule has 0 aliphatic carbocycles. The van der Waals surface area contributed by atoms with Gasteiger partial charge in [-0.25, -0.2) is 13.4 Å². The van der Waals surface area contributed by atoms with Gasteiger partial charge >= 0.3 is 6.18 Å². The number of likely N-dealkylation sites (tertiary alicyclic amines) is 1. The quantitative estimate of drug-likeness (QED) is 0.378. The van der Waals surface area contributed by atoms with Crippen molar-refractivity contribution < 1.29 is 26.3 Å². The predicted octanol–water partition coefficient (Wildman–Crippen LogP) is 5.36. The van der Waals surface area contributed by atoms with Crippen LogP contribution in [0.2, 0.25) is 0 Å². The standard InChI is InChI=1S/C24H21BrF3N5O3S/c1-33-8-7-18(14-33)36-22-10-17(5-6-20(22)24(26,27)28)32-37(34,35)19-11-21(25)23(30-13-19)31-16-4-2-3-15(9-16)12-29/h2-6,9-11,13,18,32H,7-8,14H2,1H3,(H,30,31)/t18-/m1/s1. The molecule has 3 aromatic rings. The summed E-state index contributed by atoms with van der Waals surface area (Å²) in [6.45, 7) is 1.16. The van der Waals surface area contributed by atoms with E-state index in [-0.39, 0.29) is 10.6 Å². The number of aromatic nitrogens is 1. The lowest BCUT2D eigenvalue weighted by Crippen LogP contribution is -2.23. The number of nitrogens with one attached hydrogen (secondary N) is 2. The van der Waals surface area contributed by atoms with E-state index in [0.29, 0.717) is 41.1 Å². The molecule has 1 saturated heterocycles. The van der Waals surface area contributed by atoms with Crippen molar-refractivity contribution in [1.29, 1.82) is 5.26 Å². The number of halogens is 4. The van der Waals surface area contributed by atoms with E-state index in [1.165, 1.54) is 6.07 Å². The number of benzene rings is 2. The second kappa shape index (κ2) is 10.6. The van der Waals surface area contributed by atoms with Crippen LogP contribution < -0.4 is 14.8 Å². The molecule has 1 aromatic heterocycles. The van der Waals surface area contributed by atoms with Gasteiger partial charge in [0.1, 0.15) is 22.6 Å². The molecule has 4 rings (SSSR count). The lowest BCUT2D eigenvalue weighted by molar-refractivity contribution is -0.139. The zero-order chi connectivity index (χ0) is 26.8. The average molecular weight is 596 g/mol. The molecule has 0 spiro atoms. The SMILES string of the molecule is CN1CC[C@@H](Oc2cc(NS(=O)(=O)c3cnc(Nc4cccc(C#N)c4)c(Br)c3)ccc2C(F)(F)F)C1. The van der Waals surface area contributed by atoms with E-state index < -0.39 is 33.6 Å². The highest BCUT2D eigenvalue weighted by molar-refractivity contribution is 9.10. The summed E-state index contributed by atoms with van der Waals surface area (Å²) >= 11 is 3.28. The van der Waals surface area contributed by atoms with Gasteiger partial charge in [0.25, 0.3) is 10.0 Å². The van der Waals surface area contributed by atoms with E-state index in [1.54, 1.807) is 24.3 Å². The van der Waals surface area contributed by atoms with Crippen LogP contribution in [-0.4, -0.2) is 44.5 Å². The zero-order valence-corrected chi connectivity index (χ0v) is 21.8. The Morgan fingerprint density at radius 3 is 2.62 bits per heavy atom. The topological polar surface area (TPSA) is 107 Å². The third kappa shape index (κ3) is 6.51. The Bertz CT molecular complexity index is 1460. The van der Waals surface area contributed by atoms with Gasteiger partial charge in [0.15, 0.2) is 0 Å². The molecule has 0 radical (unpaired) electrons. The van der Waals surface area contributed by atoms with Crippen molar-refractivity contribution >= 4 is 43.1 Å². The fourth-order valence-corrected chi connectivity index (χ4v) is 5.38. The van der Waals surface area contributed by atoms with Gasteiger partial charge in [-0.1, -0.05) is 6.07 Å². The first-order valence-corrected chi connectivity index (χ1v) is 13.2. The molecule has 0 amide bonds. The van der Waals surface area contributed by atoms with E-state index in [4.69, 9.17) is 10.00 Å². The normalized spacial score (nSPS) is 16.3. The van der Waals surface area contributed by atoms with Gasteiger partial charge in [0.2, 0.25) is 0 Å². The first-order valence-electron chi connectivity index (χ1n) is 11.0. The molecule has 2 aromatic carbocycles. The highest BCUT2D eigenvalue weighted by Crippen LogP contribution is 2.39. The van der Waals surface area contributed by atoms with Crippen LogP contribution in [0.5, 0.6) is 5.75 Å². The molecule has 194 valence electrons. The highest BCUT2D eigenvalue weighted by atomic mass is 79.9. The van der Waals surface area contributed by atoms with Crippen LogP contribution in [0, 0.1) is 11.3 Å². The molecule has 0 saturated carbocycles. The Morgan fingerprint density at radius 1 is 1.19 bits per heavy atom. The van der Waals surface area contributed by atoms with Crippen molar-refractivity contribution in [2.75, 3.05) is 30.2 Å². The molecule has 1 fully saturated rings. The van der Waals surface area contributed by atoms with Gasteiger partial charge in [-0.3, -0.25) is 4.72 Å². The lowest BCUT2D eigenvalue weighted by atomic mass is 10.1. The van der Waals surface area contributed by atoms with E-state index in [1.807, 2.05) is 18.0 Å². The van der Waals surface area contributed by atoms with Gasteiger partial charge < -0.3 is 15.0 Å². The summed E-state index contributed by atoms with van der Waals surface area (Å²) in [4.78, 5) is 5.86. The molecule has 2 N–H and O–H groups in total. The van der Waals surface area contributed by atoms with Crippen LogP contribution in [0.1, 0.15) is 17.5 Å². The van der Waals surface area contributed by atoms with E-state index in [0.717, 1.165) is 24.4 Å². The third-order valence-electron chi connectivity index (χ3n) is 5.56. The second-order valence-corrected chi connectivity index (χ2v) is 11.0. The molecule has 0 unspecified atom stereocenters. The molecule has 13 heteroatoms. The van der Waals surface area contributed by atoms with Crippen molar-refractivity contribution in [2.45, 2.75) is 23.6 Å². The maximum atomic E-state index is 13.6. The smallest absolute Gasteiger partial charge is 0.419 e. The van der Waals surface area contributed by atoms with E-state index in [9.17, 15) is 21.6 Å². The summed E-state index contributed by atoms with van der Waals surface area (Å²) in [6, 6.07) is 12.8. The second-order valence-electron chi connectivity index (χ2n) is 8.42.